The Morgan fingerprint density at radius 1 is 0.517 bits per heavy atom. The first-order valence-electron chi connectivity index (χ1n) is 12.0. The van der Waals surface area contributed by atoms with Crippen molar-refractivity contribution in [3.63, 3.8) is 0 Å². The van der Waals surface area contributed by atoms with Crippen LogP contribution in [0, 0.1) is 0 Å². The van der Waals surface area contributed by atoms with Crippen LogP contribution in [0.25, 0.3) is 0 Å². The predicted octanol–water partition coefficient (Wildman–Crippen LogP) is 8.35. The van der Waals surface area contributed by atoms with Crippen molar-refractivity contribution in [1.29, 1.82) is 0 Å². The summed E-state index contributed by atoms with van der Waals surface area (Å²) in [5.41, 5.74) is 0. The molecule has 0 N–H and O–H groups in total. The topological polar surface area (TPSA) is 52.6 Å². The molecule has 0 aliphatic heterocycles. The molecule has 0 aromatic heterocycles. The van der Waals surface area contributed by atoms with Crippen molar-refractivity contribution in [1.82, 2.24) is 0 Å². The minimum Gasteiger partial charge on any atom is -0.361 e. The molecule has 0 unspecified atom stereocenters. The van der Waals surface area contributed by atoms with Crippen LogP contribution in [0.5, 0.6) is 0 Å². The smallest absolute Gasteiger partial charge is 0.361 e. The Morgan fingerprint density at radius 3 is 1.17 bits per heavy atom. The fraction of sp³-hybridized carbons (Fsp3) is 0.833. The lowest BCUT2D eigenvalue weighted by atomic mass is 10.1. The third kappa shape index (κ3) is 23.2. The fourth-order valence-electron chi connectivity index (χ4n) is 3.17. The first-order valence-corrected chi connectivity index (χ1v) is 13.4. The van der Waals surface area contributed by atoms with Crippen molar-refractivity contribution in [2.24, 2.45) is 0 Å². The molecule has 0 saturated heterocycles. The van der Waals surface area contributed by atoms with Crippen molar-refractivity contribution in [3.8, 4) is 0 Å². The van der Waals surface area contributed by atoms with Gasteiger partial charge in [0.1, 0.15) is 12.5 Å². The molecule has 0 radical (unpaired) electrons. The SMILES string of the molecule is CCCCCCCCCC/C=C/OS(=O)(=O)O/C=C/CCCCCCCCCC. The minimum atomic E-state index is -3.98. The van der Waals surface area contributed by atoms with Gasteiger partial charge in [-0.05, 0) is 37.8 Å². The van der Waals surface area contributed by atoms with E-state index in [1.165, 1.54) is 102 Å². The van der Waals surface area contributed by atoms with Crippen LogP contribution in [0.15, 0.2) is 24.7 Å². The van der Waals surface area contributed by atoms with Gasteiger partial charge < -0.3 is 8.37 Å². The maximum Gasteiger partial charge on any atom is 0.499 e. The maximum absolute atomic E-state index is 11.6. The zero-order valence-electron chi connectivity index (χ0n) is 19.1. The van der Waals surface area contributed by atoms with E-state index in [-0.39, 0.29) is 0 Å². The molecule has 0 rings (SSSR count). The van der Waals surface area contributed by atoms with E-state index in [1.54, 1.807) is 12.2 Å². The van der Waals surface area contributed by atoms with Gasteiger partial charge in [-0.1, -0.05) is 104 Å². The molecule has 0 aliphatic rings. The minimum absolute atomic E-state index is 0.832. The number of rotatable bonds is 22. The zero-order valence-corrected chi connectivity index (χ0v) is 19.9. The van der Waals surface area contributed by atoms with Gasteiger partial charge in [0, 0.05) is 0 Å². The van der Waals surface area contributed by atoms with E-state index in [4.69, 9.17) is 8.37 Å². The molecule has 0 spiro atoms. The van der Waals surface area contributed by atoms with Crippen LogP contribution in [-0.2, 0) is 18.8 Å². The van der Waals surface area contributed by atoms with Gasteiger partial charge in [-0.25, -0.2) is 0 Å². The van der Waals surface area contributed by atoms with Gasteiger partial charge in [0.25, 0.3) is 0 Å². The number of hydrogen-bond acceptors (Lipinski definition) is 4. The second kappa shape index (κ2) is 21.7. The maximum atomic E-state index is 11.6. The summed E-state index contributed by atoms with van der Waals surface area (Å²) in [5.74, 6) is 0. The Labute approximate surface area is 181 Å². The molecule has 0 atom stereocenters. The van der Waals surface area contributed by atoms with Crippen LogP contribution < -0.4 is 0 Å². The van der Waals surface area contributed by atoms with Crippen LogP contribution in [0.2, 0.25) is 0 Å². The summed E-state index contributed by atoms with van der Waals surface area (Å²) in [7, 11) is -3.98. The van der Waals surface area contributed by atoms with E-state index in [2.05, 4.69) is 13.8 Å². The third-order valence-corrected chi connectivity index (χ3v) is 5.68. The second-order valence-electron chi connectivity index (χ2n) is 7.87. The molecule has 0 fully saturated rings. The van der Waals surface area contributed by atoms with Crippen molar-refractivity contribution in [2.45, 2.75) is 129 Å². The lowest BCUT2D eigenvalue weighted by molar-refractivity contribution is 0.334. The van der Waals surface area contributed by atoms with Crippen molar-refractivity contribution in [2.75, 3.05) is 0 Å². The van der Waals surface area contributed by atoms with Crippen molar-refractivity contribution in [3.05, 3.63) is 24.7 Å². The highest BCUT2D eigenvalue weighted by molar-refractivity contribution is 7.82. The van der Waals surface area contributed by atoms with Gasteiger partial charge in [0.2, 0.25) is 0 Å². The van der Waals surface area contributed by atoms with Gasteiger partial charge >= 0.3 is 10.4 Å². The molecular formula is C24H46O4S. The van der Waals surface area contributed by atoms with E-state index in [1.807, 2.05) is 0 Å². The molecule has 0 saturated carbocycles. The van der Waals surface area contributed by atoms with E-state index in [0.29, 0.717) is 0 Å². The van der Waals surface area contributed by atoms with Gasteiger partial charge in [-0.2, -0.15) is 0 Å². The summed E-state index contributed by atoms with van der Waals surface area (Å²) in [6.07, 6.45) is 27.8. The monoisotopic (exact) mass is 430 g/mol. The molecule has 4 nitrogen and oxygen atoms in total. The summed E-state index contributed by atoms with van der Waals surface area (Å²) < 4.78 is 32.6. The lowest BCUT2D eigenvalue weighted by Gasteiger charge is -2.01. The molecule has 5 heteroatoms. The number of unbranched alkanes of at least 4 members (excludes halogenated alkanes) is 16. The van der Waals surface area contributed by atoms with Crippen molar-refractivity contribution >= 4 is 10.4 Å². The van der Waals surface area contributed by atoms with Crippen LogP contribution in [0.1, 0.15) is 129 Å². The fourth-order valence-corrected chi connectivity index (χ4v) is 3.64. The van der Waals surface area contributed by atoms with E-state index < -0.39 is 10.4 Å². The van der Waals surface area contributed by atoms with E-state index in [0.717, 1.165) is 25.7 Å². The normalized spacial score (nSPS) is 12.2. The molecule has 0 aromatic rings. The molecule has 0 heterocycles. The average Bonchev–Trinajstić information content (AvgIpc) is 2.70. The first kappa shape index (κ1) is 28.0. The van der Waals surface area contributed by atoms with Crippen LogP contribution in [0.3, 0.4) is 0 Å². The molecule has 0 aliphatic carbocycles. The first-order chi connectivity index (χ1) is 14.1. The zero-order chi connectivity index (χ0) is 21.5. The summed E-state index contributed by atoms with van der Waals surface area (Å²) in [6.45, 7) is 4.46. The molecule has 0 amide bonds. The van der Waals surface area contributed by atoms with Gasteiger partial charge in [-0.3, -0.25) is 0 Å². The Kier molecular flexibility index (Phi) is 21.0. The highest BCUT2D eigenvalue weighted by Gasteiger charge is 2.07. The highest BCUT2D eigenvalue weighted by Crippen LogP contribution is 2.11. The largest absolute Gasteiger partial charge is 0.499 e. The average molecular weight is 431 g/mol. The second-order valence-corrected chi connectivity index (χ2v) is 9.07. The molecular weight excluding hydrogens is 384 g/mol. The van der Waals surface area contributed by atoms with Crippen LogP contribution >= 0.6 is 0 Å². The number of hydrogen-bond donors (Lipinski definition) is 0. The highest BCUT2D eigenvalue weighted by atomic mass is 32.3. The van der Waals surface area contributed by atoms with Crippen LogP contribution in [0.4, 0.5) is 0 Å². The molecule has 0 bridgehead atoms. The Morgan fingerprint density at radius 2 is 0.828 bits per heavy atom. The van der Waals surface area contributed by atoms with Crippen LogP contribution in [-0.4, -0.2) is 8.42 Å². The summed E-state index contributed by atoms with van der Waals surface area (Å²) >= 11 is 0. The summed E-state index contributed by atoms with van der Waals surface area (Å²) in [4.78, 5) is 0. The van der Waals surface area contributed by atoms with Gasteiger partial charge in [-0.15, -0.1) is 8.42 Å². The Balaban J connectivity index is 3.53. The van der Waals surface area contributed by atoms with Crippen molar-refractivity contribution < 1.29 is 16.8 Å². The predicted molar refractivity (Wildman–Crippen MR) is 124 cm³/mol. The summed E-state index contributed by atoms with van der Waals surface area (Å²) in [5, 5.41) is 0. The molecule has 172 valence electrons. The summed E-state index contributed by atoms with van der Waals surface area (Å²) in [6, 6.07) is 0. The van der Waals surface area contributed by atoms with Gasteiger partial charge in [0.05, 0.1) is 0 Å². The molecule has 0 aromatic carbocycles. The third-order valence-electron chi connectivity index (χ3n) is 4.99. The van der Waals surface area contributed by atoms with Gasteiger partial charge in [0.15, 0.2) is 0 Å². The van der Waals surface area contributed by atoms with E-state index in [9.17, 15) is 8.42 Å². The van der Waals surface area contributed by atoms with E-state index >= 15 is 0 Å². The molecule has 29 heavy (non-hydrogen) atoms. The lowest BCUT2D eigenvalue weighted by Crippen LogP contribution is -2.02. The standard InChI is InChI=1S/C24H46O4S/c1-3-5-7-9-11-13-15-17-19-21-23-27-29(25,26)28-24-22-20-18-16-14-12-10-8-6-4-2/h21-24H,3-20H2,1-2H3/b23-21+,24-22+. The Bertz CT molecular complexity index is 445. The quantitative estimate of drug-likeness (QED) is 0.128. The number of allylic oxidation sites excluding steroid dienone is 2. The Hall–Kier alpha value is -0.970.